The summed E-state index contributed by atoms with van der Waals surface area (Å²) in [6.07, 6.45) is 1.54. The van der Waals surface area contributed by atoms with E-state index < -0.39 is 9.84 Å². The van der Waals surface area contributed by atoms with Gasteiger partial charge in [0, 0.05) is 24.3 Å². The maximum Gasteiger partial charge on any atom is 0.161 e. The van der Waals surface area contributed by atoms with Crippen LogP contribution in [0.15, 0.2) is 18.3 Å². The minimum atomic E-state index is -2.92. The van der Waals surface area contributed by atoms with Gasteiger partial charge in [0.15, 0.2) is 15.6 Å². The number of anilines is 1. The molecule has 0 amide bonds. The van der Waals surface area contributed by atoms with Crippen molar-refractivity contribution in [2.45, 2.75) is 19.9 Å². The number of carbonyl (C=O) groups excluding carboxylic acids is 1. The molecular formula is C12H16N2O3S. The van der Waals surface area contributed by atoms with Crippen LogP contribution in [0.4, 0.5) is 5.82 Å². The number of pyridine rings is 1. The van der Waals surface area contributed by atoms with Crippen LogP contribution in [-0.2, 0) is 9.84 Å². The number of hydrogen-bond acceptors (Lipinski definition) is 5. The number of hydrogen-bond donors (Lipinski definition) is 0. The van der Waals surface area contributed by atoms with Gasteiger partial charge in [-0.05, 0) is 26.0 Å². The summed E-state index contributed by atoms with van der Waals surface area (Å²) in [5.74, 6) is 1.02. The lowest BCUT2D eigenvalue weighted by atomic mass is 10.2. The summed E-state index contributed by atoms with van der Waals surface area (Å²) in [6.45, 7) is 3.82. The Labute approximate surface area is 107 Å². The molecule has 0 saturated carbocycles. The summed E-state index contributed by atoms with van der Waals surface area (Å²) >= 11 is 0. The topological polar surface area (TPSA) is 67.3 Å². The lowest BCUT2D eigenvalue weighted by Crippen LogP contribution is -2.47. The van der Waals surface area contributed by atoms with Crippen LogP contribution in [0.3, 0.4) is 0 Å². The van der Waals surface area contributed by atoms with Gasteiger partial charge in [0.2, 0.25) is 0 Å². The molecule has 0 aliphatic carbocycles. The van der Waals surface area contributed by atoms with Crippen molar-refractivity contribution in [1.82, 2.24) is 4.98 Å². The molecule has 2 heterocycles. The minimum Gasteiger partial charge on any atom is -0.352 e. The summed E-state index contributed by atoms with van der Waals surface area (Å²) in [4.78, 5) is 17.3. The number of aromatic nitrogens is 1. The number of carbonyl (C=O) groups is 1. The van der Waals surface area contributed by atoms with Crippen LogP contribution in [0, 0.1) is 0 Å². The third-order valence-corrected chi connectivity index (χ3v) is 4.91. The van der Waals surface area contributed by atoms with E-state index in [1.165, 1.54) is 13.1 Å². The maximum atomic E-state index is 11.5. The highest BCUT2D eigenvalue weighted by Crippen LogP contribution is 2.19. The van der Waals surface area contributed by atoms with Gasteiger partial charge in [-0.1, -0.05) is 0 Å². The van der Waals surface area contributed by atoms with Gasteiger partial charge in [0.25, 0.3) is 0 Å². The zero-order valence-electron chi connectivity index (χ0n) is 10.5. The van der Waals surface area contributed by atoms with Crippen molar-refractivity contribution in [3.63, 3.8) is 0 Å². The Bertz CT molecular complexity index is 551. The molecule has 98 valence electrons. The van der Waals surface area contributed by atoms with Crippen LogP contribution < -0.4 is 4.90 Å². The largest absolute Gasteiger partial charge is 0.352 e. The zero-order valence-corrected chi connectivity index (χ0v) is 11.3. The third kappa shape index (κ3) is 2.69. The van der Waals surface area contributed by atoms with Crippen molar-refractivity contribution in [2.75, 3.05) is 23.0 Å². The lowest BCUT2D eigenvalue weighted by Gasteiger charge is -2.34. The first-order chi connectivity index (χ1) is 8.39. The molecular weight excluding hydrogens is 252 g/mol. The van der Waals surface area contributed by atoms with Crippen molar-refractivity contribution in [2.24, 2.45) is 0 Å². The molecule has 1 saturated heterocycles. The number of nitrogens with zero attached hydrogens (tertiary/aromatic N) is 2. The second-order valence-electron chi connectivity index (χ2n) is 4.62. The van der Waals surface area contributed by atoms with Crippen molar-refractivity contribution in [3.05, 3.63) is 23.9 Å². The fraction of sp³-hybridized carbons (Fsp3) is 0.500. The molecule has 6 heteroatoms. The van der Waals surface area contributed by atoms with Crippen molar-refractivity contribution in [1.29, 1.82) is 0 Å². The summed E-state index contributed by atoms with van der Waals surface area (Å²) < 4.78 is 23.0. The molecule has 0 radical (unpaired) electrons. The van der Waals surface area contributed by atoms with Crippen LogP contribution >= 0.6 is 0 Å². The van der Waals surface area contributed by atoms with E-state index in [0.717, 1.165) is 5.82 Å². The highest BCUT2D eigenvalue weighted by molar-refractivity contribution is 7.91. The Morgan fingerprint density at radius 3 is 2.67 bits per heavy atom. The zero-order chi connectivity index (χ0) is 13.3. The van der Waals surface area contributed by atoms with Gasteiger partial charge < -0.3 is 4.90 Å². The van der Waals surface area contributed by atoms with Crippen LogP contribution in [0.1, 0.15) is 24.2 Å². The fourth-order valence-corrected chi connectivity index (χ4v) is 3.66. The summed E-state index contributed by atoms with van der Waals surface area (Å²) in [5, 5.41) is 0. The van der Waals surface area contributed by atoms with Crippen LogP contribution in [0.25, 0.3) is 0 Å². The van der Waals surface area contributed by atoms with Crippen molar-refractivity contribution >= 4 is 21.4 Å². The average Bonchev–Trinajstić information content (AvgIpc) is 2.28. The molecule has 1 aliphatic rings. The van der Waals surface area contributed by atoms with Crippen LogP contribution in [0.2, 0.25) is 0 Å². The Morgan fingerprint density at radius 2 is 2.17 bits per heavy atom. The van der Waals surface area contributed by atoms with Gasteiger partial charge in [0.05, 0.1) is 11.5 Å². The molecule has 1 aromatic heterocycles. The lowest BCUT2D eigenvalue weighted by molar-refractivity contribution is 0.101. The molecule has 1 fully saturated rings. The first kappa shape index (κ1) is 13.0. The van der Waals surface area contributed by atoms with Gasteiger partial charge in [-0.2, -0.15) is 0 Å². The number of ketones is 1. The highest BCUT2D eigenvalue weighted by atomic mass is 32.2. The molecule has 0 N–H and O–H groups in total. The summed E-state index contributed by atoms with van der Waals surface area (Å²) in [5.41, 5.74) is 0.566. The molecule has 18 heavy (non-hydrogen) atoms. The molecule has 0 bridgehead atoms. The van der Waals surface area contributed by atoms with E-state index in [4.69, 9.17) is 0 Å². The molecule has 1 atom stereocenters. The van der Waals surface area contributed by atoms with E-state index in [1.54, 1.807) is 12.1 Å². The second kappa shape index (κ2) is 4.68. The number of rotatable bonds is 2. The smallest absolute Gasteiger partial charge is 0.161 e. The van der Waals surface area contributed by atoms with Crippen LogP contribution in [0.5, 0.6) is 0 Å². The predicted octanol–water partition coefficient (Wildman–Crippen LogP) is 0.907. The molecule has 1 aromatic rings. The average molecular weight is 268 g/mol. The van der Waals surface area contributed by atoms with E-state index in [9.17, 15) is 13.2 Å². The highest BCUT2D eigenvalue weighted by Gasteiger charge is 2.28. The maximum absolute atomic E-state index is 11.5. The number of Topliss-reactive ketones (excluding diaryl/α,β-unsaturated/α-hetero) is 1. The monoisotopic (exact) mass is 268 g/mol. The quantitative estimate of drug-likeness (QED) is 0.746. The first-order valence-electron chi connectivity index (χ1n) is 5.83. The van der Waals surface area contributed by atoms with E-state index >= 15 is 0 Å². The predicted molar refractivity (Wildman–Crippen MR) is 69.7 cm³/mol. The Morgan fingerprint density at radius 1 is 1.44 bits per heavy atom. The van der Waals surface area contributed by atoms with Crippen molar-refractivity contribution in [3.8, 4) is 0 Å². The van der Waals surface area contributed by atoms with Crippen molar-refractivity contribution < 1.29 is 13.2 Å². The van der Waals surface area contributed by atoms with E-state index in [1.807, 2.05) is 11.8 Å². The van der Waals surface area contributed by atoms with E-state index in [0.29, 0.717) is 12.1 Å². The molecule has 2 rings (SSSR count). The number of sulfone groups is 1. The minimum absolute atomic E-state index is 0.0247. The van der Waals surface area contributed by atoms with Gasteiger partial charge in [0.1, 0.15) is 5.82 Å². The molecule has 5 nitrogen and oxygen atoms in total. The standard InChI is InChI=1S/C12H16N2O3S/c1-9-8-18(16,17)6-5-14(9)12-4-3-11(7-13-12)10(2)15/h3-4,7,9H,5-6,8H2,1-2H3. The fourth-order valence-electron chi connectivity index (χ4n) is 2.10. The molecule has 0 aromatic carbocycles. The third-order valence-electron chi connectivity index (χ3n) is 3.12. The summed E-state index contributed by atoms with van der Waals surface area (Å²) in [6, 6.07) is 3.41. The van der Waals surface area contributed by atoms with Crippen LogP contribution in [-0.4, -0.2) is 43.3 Å². The molecule has 1 aliphatic heterocycles. The summed E-state index contributed by atoms with van der Waals surface area (Å²) in [7, 11) is -2.92. The van der Waals surface area contributed by atoms with Gasteiger partial charge in [-0.25, -0.2) is 13.4 Å². The first-order valence-corrected chi connectivity index (χ1v) is 7.65. The Balaban J connectivity index is 2.20. The van der Waals surface area contributed by atoms with E-state index in [-0.39, 0.29) is 23.3 Å². The molecule has 0 spiro atoms. The van der Waals surface area contributed by atoms with Gasteiger partial charge in [-0.15, -0.1) is 0 Å². The SMILES string of the molecule is CC(=O)c1ccc(N2CCS(=O)(=O)CC2C)nc1. The Hall–Kier alpha value is -1.43. The Kier molecular flexibility index (Phi) is 3.38. The second-order valence-corrected chi connectivity index (χ2v) is 6.85. The normalized spacial score (nSPS) is 22.8. The van der Waals surface area contributed by atoms with E-state index in [2.05, 4.69) is 4.98 Å². The van der Waals surface area contributed by atoms with Gasteiger partial charge >= 0.3 is 0 Å². The van der Waals surface area contributed by atoms with Gasteiger partial charge in [-0.3, -0.25) is 4.79 Å². The molecule has 1 unspecified atom stereocenters.